The van der Waals surface area contributed by atoms with Crippen LogP contribution in [-0.2, 0) is 33.8 Å². The number of fused-ring (bicyclic) bond motifs is 3. The van der Waals surface area contributed by atoms with Crippen LogP contribution >= 0.6 is 23.2 Å². The van der Waals surface area contributed by atoms with E-state index in [9.17, 15) is 37.5 Å². The highest BCUT2D eigenvalue weighted by Crippen LogP contribution is 2.39. The molecule has 0 fully saturated rings. The molecule has 3 aromatic rings. The summed E-state index contributed by atoms with van der Waals surface area (Å²) in [7, 11) is 0. The Morgan fingerprint density at radius 2 is 1.76 bits per heavy atom. The van der Waals surface area contributed by atoms with Crippen LogP contribution in [-0.4, -0.2) is 62.8 Å². The van der Waals surface area contributed by atoms with Crippen LogP contribution < -0.4 is 21.1 Å². The summed E-state index contributed by atoms with van der Waals surface area (Å²) >= 11 is 12.8. The molecule has 1 aliphatic carbocycles. The lowest BCUT2D eigenvalue weighted by Gasteiger charge is -2.41. The molecule has 1 aromatic heterocycles. The molecular weight excluding hydrogens is 702 g/mol. The molecule has 2 unspecified atom stereocenters. The maximum Gasteiger partial charge on any atom is 0.573 e. The van der Waals surface area contributed by atoms with Crippen LogP contribution in [0.5, 0.6) is 5.75 Å². The molecule has 6 N–H and O–H groups in total. The number of carbonyl (C=O) groups is 4. The van der Waals surface area contributed by atoms with E-state index in [1.54, 1.807) is 32.9 Å². The molecular formula is C34H40Cl2F3N5O6. The molecule has 16 heteroatoms. The highest BCUT2D eigenvalue weighted by atomic mass is 35.5. The predicted octanol–water partition coefficient (Wildman–Crippen LogP) is 6.33. The Bertz CT molecular complexity index is 1770. The number of primary amides is 1. The third-order valence-corrected chi connectivity index (χ3v) is 9.99. The number of nitrogens with one attached hydrogen (secondary N) is 3. The third-order valence-electron chi connectivity index (χ3n) is 9.48. The molecule has 1 heterocycles. The number of rotatable bonds is 13. The lowest BCUT2D eigenvalue weighted by molar-refractivity contribution is -0.275. The van der Waals surface area contributed by atoms with Gasteiger partial charge in [0.25, 0.3) is 0 Å². The van der Waals surface area contributed by atoms with E-state index in [-0.39, 0.29) is 30.7 Å². The van der Waals surface area contributed by atoms with Crippen LogP contribution in [0.15, 0.2) is 36.4 Å². The van der Waals surface area contributed by atoms with E-state index in [2.05, 4.69) is 20.4 Å². The van der Waals surface area contributed by atoms with Crippen molar-refractivity contribution in [3.05, 3.63) is 63.3 Å². The van der Waals surface area contributed by atoms with Crippen molar-refractivity contribution in [2.75, 3.05) is 0 Å². The first-order valence-electron chi connectivity index (χ1n) is 16.1. The molecule has 0 spiro atoms. The summed E-state index contributed by atoms with van der Waals surface area (Å²) in [6, 6.07) is 5.73. The van der Waals surface area contributed by atoms with Crippen molar-refractivity contribution in [3.63, 3.8) is 0 Å². The first kappa shape index (κ1) is 38.6. The molecule has 0 saturated heterocycles. The average Bonchev–Trinajstić information content (AvgIpc) is 3.40. The highest BCUT2D eigenvalue weighted by Gasteiger charge is 2.48. The number of para-hydroxylation sites is 1. The first-order chi connectivity index (χ1) is 23.4. The Morgan fingerprint density at radius 3 is 2.36 bits per heavy atom. The molecule has 272 valence electrons. The number of benzene rings is 2. The van der Waals surface area contributed by atoms with Gasteiger partial charge in [-0.05, 0) is 48.4 Å². The minimum Gasteiger partial charge on any atom is -0.465 e. The van der Waals surface area contributed by atoms with E-state index in [0.717, 1.165) is 16.7 Å². The maximum atomic E-state index is 14.5. The zero-order valence-electron chi connectivity index (χ0n) is 27.9. The van der Waals surface area contributed by atoms with Crippen molar-refractivity contribution in [1.82, 2.24) is 20.5 Å². The van der Waals surface area contributed by atoms with Crippen LogP contribution in [0, 0.1) is 11.8 Å². The van der Waals surface area contributed by atoms with Gasteiger partial charge in [-0.15, -0.1) is 13.2 Å². The van der Waals surface area contributed by atoms with Gasteiger partial charge in [0.15, 0.2) is 0 Å². The number of H-pyrrole nitrogens is 1. The number of aromatic nitrogens is 1. The number of amides is 4. The molecule has 0 radical (unpaired) electrons. The third kappa shape index (κ3) is 8.40. The quantitative estimate of drug-likeness (QED) is 0.137. The smallest absolute Gasteiger partial charge is 0.465 e. The zero-order chi connectivity index (χ0) is 37.1. The Morgan fingerprint density at radius 1 is 1.10 bits per heavy atom. The van der Waals surface area contributed by atoms with Crippen molar-refractivity contribution < 1.29 is 42.2 Å². The lowest BCUT2D eigenvalue weighted by atomic mass is 9.78. The predicted molar refractivity (Wildman–Crippen MR) is 182 cm³/mol. The molecule has 4 amide bonds. The lowest BCUT2D eigenvalue weighted by Crippen LogP contribution is -2.67. The Balaban J connectivity index is 1.79. The fourth-order valence-corrected chi connectivity index (χ4v) is 6.95. The van der Waals surface area contributed by atoms with Gasteiger partial charge < -0.3 is 31.2 Å². The molecule has 5 atom stereocenters. The van der Waals surface area contributed by atoms with E-state index in [0.29, 0.717) is 39.4 Å². The average molecular weight is 743 g/mol. The molecule has 4 rings (SSSR count). The SMILES string of the molecule is CCC(C)[C@H](NC(=O)[C@@]1(NC(=O)[C@H](C(C)CC)N(Cc2ccccc2OC(F)(F)F)C(=O)O)CCc2[nH]c3c(Cl)cc(Cl)cc3c2C1)C(N)=O. The second-order valence-electron chi connectivity index (χ2n) is 12.8. The topological polar surface area (TPSA) is 167 Å². The highest BCUT2D eigenvalue weighted by molar-refractivity contribution is 6.38. The first-order valence-corrected chi connectivity index (χ1v) is 16.9. The monoisotopic (exact) mass is 741 g/mol. The van der Waals surface area contributed by atoms with Crippen molar-refractivity contribution in [3.8, 4) is 5.75 Å². The van der Waals surface area contributed by atoms with Gasteiger partial charge in [-0.25, -0.2) is 4.79 Å². The molecule has 0 bridgehead atoms. The molecule has 0 aliphatic heterocycles. The van der Waals surface area contributed by atoms with Gasteiger partial charge in [-0.2, -0.15) is 0 Å². The Hall–Kier alpha value is -4.17. The summed E-state index contributed by atoms with van der Waals surface area (Å²) in [5.74, 6) is -3.98. The van der Waals surface area contributed by atoms with E-state index in [1.165, 1.54) is 18.2 Å². The van der Waals surface area contributed by atoms with E-state index in [4.69, 9.17) is 28.9 Å². The Kier molecular flexibility index (Phi) is 11.9. The molecule has 1 aliphatic rings. The van der Waals surface area contributed by atoms with Crippen molar-refractivity contribution >= 4 is 57.9 Å². The fourth-order valence-electron chi connectivity index (χ4n) is 6.40. The van der Waals surface area contributed by atoms with E-state index < -0.39 is 66.0 Å². The number of nitrogens with two attached hydrogens (primary N) is 1. The summed E-state index contributed by atoms with van der Waals surface area (Å²) in [4.78, 5) is 58.1. The van der Waals surface area contributed by atoms with Crippen LogP contribution in [0.1, 0.15) is 63.8 Å². The van der Waals surface area contributed by atoms with E-state index >= 15 is 0 Å². The van der Waals surface area contributed by atoms with Gasteiger partial charge in [0.1, 0.15) is 23.4 Å². The second kappa shape index (κ2) is 15.4. The number of aromatic amines is 1. The number of nitrogens with zero attached hydrogens (tertiary/aromatic N) is 1. The number of aryl methyl sites for hydroxylation is 1. The number of carboxylic acid groups (broad SMARTS) is 1. The summed E-state index contributed by atoms with van der Waals surface area (Å²) in [5.41, 5.74) is 5.79. The normalized spacial score (nSPS) is 18.3. The molecule has 11 nitrogen and oxygen atoms in total. The zero-order valence-corrected chi connectivity index (χ0v) is 29.4. The number of ether oxygens (including phenoxy) is 1. The van der Waals surface area contributed by atoms with Gasteiger partial charge in [0, 0.05) is 28.1 Å². The van der Waals surface area contributed by atoms with Gasteiger partial charge >= 0.3 is 12.5 Å². The van der Waals surface area contributed by atoms with Gasteiger partial charge in [0.2, 0.25) is 17.7 Å². The van der Waals surface area contributed by atoms with Crippen LogP contribution in [0.4, 0.5) is 18.0 Å². The minimum absolute atomic E-state index is 0.0320. The minimum atomic E-state index is -5.05. The van der Waals surface area contributed by atoms with E-state index in [1.807, 2.05) is 6.92 Å². The number of hydrogen-bond acceptors (Lipinski definition) is 5. The standard InChI is InChI=1S/C34H40Cl2F3N5O6/c1-5-17(3)26(29(40)45)42-31(47)33(12-11-24-22(15-33)21-13-20(35)14-23(36)27(21)41-24)43-30(46)28(18(4)6-2)44(32(48)49)16-19-9-7-8-10-25(19)50-34(37,38)39/h7-10,13-14,17-18,26,28,41H,5-6,11-12,15-16H2,1-4H3,(H2,40,45)(H,42,47)(H,43,46)(H,48,49)/t17?,18?,26-,28-,33+/m0/s1. The van der Waals surface area contributed by atoms with Crippen molar-refractivity contribution in [2.24, 2.45) is 17.6 Å². The second-order valence-corrected chi connectivity index (χ2v) is 13.6. The van der Waals surface area contributed by atoms with Crippen molar-refractivity contribution in [1.29, 1.82) is 0 Å². The van der Waals surface area contributed by atoms with Crippen LogP contribution in [0.3, 0.4) is 0 Å². The van der Waals surface area contributed by atoms with Gasteiger partial charge in [0.05, 0.1) is 17.1 Å². The molecule has 0 saturated carbocycles. The number of carbonyl (C=O) groups excluding carboxylic acids is 3. The fraction of sp³-hybridized carbons (Fsp3) is 0.471. The summed E-state index contributed by atoms with van der Waals surface area (Å²) in [6.45, 7) is 6.29. The van der Waals surface area contributed by atoms with Gasteiger partial charge in [-0.1, -0.05) is 81.9 Å². The summed E-state index contributed by atoms with van der Waals surface area (Å²) < 4.78 is 43.7. The van der Waals surface area contributed by atoms with Crippen LogP contribution in [0.2, 0.25) is 10.0 Å². The number of halogens is 5. The summed E-state index contributed by atoms with van der Waals surface area (Å²) in [6.07, 6.45) is -5.65. The molecule has 2 aromatic carbocycles. The molecule has 50 heavy (non-hydrogen) atoms. The van der Waals surface area contributed by atoms with Crippen LogP contribution in [0.25, 0.3) is 10.9 Å². The number of hydrogen-bond donors (Lipinski definition) is 5. The van der Waals surface area contributed by atoms with Gasteiger partial charge in [-0.3, -0.25) is 19.3 Å². The van der Waals surface area contributed by atoms with Crippen molar-refractivity contribution in [2.45, 2.75) is 90.3 Å². The largest absolute Gasteiger partial charge is 0.573 e. The maximum absolute atomic E-state index is 14.5. The Labute approximate surface area is 297 Å². The number of alkyl halides is 3. The summed E-state index contributed by atoms with van der Waals surface area (Å²) in [5, 5.41) is 17.2.